The van der Waals surface area contributed by atoms with Crippen LogP contribution >= 0.6 is 15.6 Å². The van der Waals surface area contributed by atoms with Gasteiger partial charge in [0, 0.05) is 0 Å². The second kappa shape index (κ2) is 53.6. The van der Waals surface area contributed by atoms with Crippen LogP contribution in [0.15, 0.2) is 0 Å². The zero-order valence-corrected chi connectivity index (χ0v) is 60.1. The molecule has 0 bridgehead atoms. The molecule has 25 nitrogen and oxygen atoms in total. The Morgan fingerprint density at radius 3 is 1.02 bits per heavy atom. The van der Waals surface area contributed by atoms with E-state index in [2.05, 4.69) is 38.3 Å². The first kappa shape index (κ1) is 88.8. The van der Waals surface area contributed by atoms with Gasteiger partial charge in [0.2, 0.25) is 11.8 Å². The predicted octanol–water partition coefficient (Wildman–Crippen LogP) is 10.9. The van der Waals surface area contributed by atoms with E-state index in [1.165, 1.54) is 51.4 Å². The Labute approximate surface area is 568 Å². The third kappa shape index (κ3) is 43.2. The summed E-state index contributed by atoms with van der Waals surface area (Å²) in [5, 5.41) is 72.2. The Bertz CT molecular complexity index is 2080. The highest BCUT2D eigenvalue weighted by Gasteiger charge is 2.55. The summed E-state index contributed by atoms with van der Waals surface area (Å²) in [5.74, 6) is -4.01. The SMILES string of the molecule is CCCCCCCCCCC[C@@H](O)CC(=O)N[C@@H]1[C@H](OC[C@H]2O[C@H](OP(=O)(O)O)[C@@H](NC(=O)C[C@H](O)CCCCCCCCCCC)[C@@H](OC(=O)C[C@H](O)CCCCCCCCCCC)[C@@H]2O)O[C@H](CO)[C@@H](OP(=O)(O)O)[C@@H]1OC(=O)C[C@H](O)CCCCCCCCCCC. The summed E-state index contributed by atoms with van der Waals surface area (Å²) in [6.45, 7) is 6.55. The average molecular weight is 1410 g/mol. The Balaban J connectivity index is 2.55. The minimum atomic E-state index is -5.61. The number of carbonyl (C=O) groups is 4. The molecule has 14 atom stereocenters. The van der Waals surface area contributed by atoms with Crippen molar-refractivity contribution in [2.75, 3.05) is 13.2 Å². The van der Waals surface area contributed by atoms with E-state index in [1.54, 1.807) is 0 Å². The molecule has 2 saturated heterocycles. The molecule has 0 aromatic heterocycles. The standard InChI is InChI=1S/C68H130N2O23P2/c1-5-9-13-17-21-25-29-33-37-41-51(72)45-57(76)69-61-65(90-59(78)47-53(74)43-39-35-31-27-23-19-15-11-7-3)63(80)56(89-68(61)93-95(84,85)86)50-87-67-62(70-58(77)46-52(73)42-38-34-30-26-22-18-14-10-6-2)66(64(55(49-71)88-67)92-94(81,82)83)91-60(79)48-54(75)44-40-36-32-28-24-20-16-12-8-4/h51-56,61-68,71-75,80H,5-50H2,1-4H3,(H,69,76)(H,70,77)(H2,81,82,83)(H2,84,85,86)/t51-,52-,53-,54-,55-,56-,61+,62+,63-,64-,65-,66-,67-,68-/m1/s1. The highest BCUT2D eigenvalue weighted by Crippen LogP contribution is 2.44. The van der Waals surface area contributed by atoms with E-state index < -0.39 is 164 Å². The van der Waals surface area contributed by atoms with E-state index in [9.17, 15) is 78.5 Å². The van der Waals surface area contributed by atoms with E-state index in [1.807, 2.05) is 0 Å². The van der Waals surface area contributed by atoms with Gasteiger partial charge in [0.05, 0.1) is 63.3 Å². The highest BCUT2D eigenvalue weighted by atomic mass is 31.2. The molecule has 0 aromatic rings. The number of aliphatic hydroxyl groups is 6. The summed E-state index contributed by atoms with van der Waals surface area (Å²) in [7, 11) is -11.2. The highest BCUT2D eigenvalue weighted by molar-refractivity contribution is 7.46. The third-order valence-electron chi connectivity index (χ3n) is 17.8. The number of hydrogen-bond donors (Lipinski definition) is 12. The molecule has 12 N–H and O–H groups in total. The molecule has 2 aliphatic rings. The lowest BCUT2D eigenvalue weighted by atomic mass is 9.95. The summed E-state index contributed by atoms with van der Waals surface area (Å²) < 4.78 is 65.3. The number of amides is 2. The molecule has 95 heavy (non-hydrogen) atoms. The number of hydrogen-bond acceptors (Lipinski definition) is 19. The quantitative estimate of drug-likeness (QED) is 0.0153. The molecule has 2 aliphatic heterocycles. The molecule has 0 unspecified atom stereocenters. The van der Waals surface area contributed by atoms with Crippen molar-refractivity contribution < 1.29 is 111 Å². The number of phosphoric acid groups is 2. The Morgan fingerprint density at radius 2 is 0.695 bits per heavy atom. The first-order chi connectivity index (χ1) is 45.4. The monoisotopic (exact) mass is 1400 g/mol. The van der Waals surface area contributed by atoms with Crippen molar-refractivity contribution in [2.24, 2.45) is 0 Å². The number of ether oxygens (including phenoxy) is 5. The lowest BCUT2D eigenvalue weighted by Gasteiger charge is -2.47. The minimum Gasteiger partial charge on any atom is -0.457 e. The van der Waals surface area contributed by atoms with Gasteiger partial charge in [-0.05, 0) is 25.7 Å². The molecule has 27 heteroatoms. The molecule has 2 amide bonds. The number of phosphoric ester groups is 2. The maximum atomic E-state index is 14.1. The van der Waals surface area contributed by atoms with Gasteiger partial charge in [0.25, 0.3) is 0 Å². The van der Waals surface area contributed by atoms with E-state index in [-0.39, 0.29) is 25.7 Å². The van der Waals surface area contributed by atoms with Crippen molar-refractivity contribution in [1.82, 2.24) is 10.6 Å². The van der Waals surface area contributed by atoms with Crippen molar-refractivity contribution in [2.45, 2.75) is 396 Å². The van der Waals surface area contributed by atoms with E-state index >= 15 is 0 Å². The Hall–Kier alpha value is -2.26. The molecule has 0 aromatic carbocycles. The number of aliphatic hydroxyl groups excluding tert-OH is 6. The Kier molecular flexibility index (Phi) is 50.1. The van der Waals surface area contributed by atoms with Crippen molar-refractivity contribution in [1.29, 1.82) is 0 Å². The largest absolute Gasteiger partial charge is 0.472 e. The van der Waals surface area contributed by atoms with Crippen LogP contribution in [0.5, 0.6) is 0 Å². The molecule has 2 heterocycles. The lowest BCUT2D eigenvalue weighted by Crippen LogP contribution is -2.68. The second-order valence-electron chi connectivity index (χ2n) is 26.7. The van der Waals surface area contributed by atoms with Crippen LogP contribution < -0.4 is 10.6 Å². The van der Waals surface area contributed by atoms with Crippen molar-refractivity contribution >= 4 is 39.4 Å². The maximum Gasteiger partial charge on any atom is 0.472 e. The van der Waals surface area contributed by atoms with Crippen molar-refractivity contribution in [3.63, 3.8) is 0 Å². The smallest absolute Gasteiger partial charge is 0.457 e. The van der Waals surface area contributed by atoms with Gasteiger partial charge >= 0.3 is 27.6 Å². The first-order valence-electron chi connectivity index (χ1n) is 36.8. The molecule has 0 spiro atoms. The van der Waals surface area contributed by atoms with Crippen LogP contribution in [0.1, 0.15) is 310 Å². The van der Waals surface area contributed by atoms with Gasteiger partial charge in [-0.15, -0.1) is 0 Å². The normalized spacial score (nSPS) is 23.0. The molecular weight excluding hydrogens is 1270 g/mol. The van der Waals surface area contributed by atoms with Crippen LogP contribution in [0.25, 0.3) is 0 Å². The molecule has 2 fully saturated rings. The fourth-order valence-electron chi connectivity index (χ4n) is 12.4. The molecular formula is C68H130N2O23P2. The molecule has 0 aliphatic carbocycles. The first-order valence-corrected chi connectivity index (χ1v) is 39.9. The van der Waals surface area contributed by atoms with E-state index in [0.29, 0.717) is 25.7 Å². The van der Waals surface area contributed by atoms with Gasteiger partial charge in [-0.2, -0.15) is 0 Å². The Morgan fingerprint density at radius 1 is 0.400 bits per heavy atom. The summed E-state index contributed by atoms with van der Waals surface area (Å²) in [6.07, 6.45) is 13.8. The summed E-state index contributed by atoms with van der Waals surface area (Å²) in [5.41, 5.74) is 0. The number of rotatable bonds is 60. The average Bonchev–Trinajstić information content (AvgIpc) is 0.788. The summed E-state index contributed by atoms with van der Waals surface area (Å²) >= 11 is 0. The lowest BCUT2D eigenvalue weighted by molar-refractivity contribution is -0.296. The zero-order chi connectivity index (χ0) is 70.3. The van der Waals surface area contributed by atoms with Gasteiger partial charge in [-0.3, -0.25) is 28.2 Å². The fraction of sp³-hybridized carbons (Fsp3) is 0.941. The predicted molar refractivity (Wildman–Crippen MR) is 360 cm³/mol. The summed E-state index contributed by atoms with van der Waals surface area (Å²) in [6, 6.07) is -3.75. The zero-order valence-electron chi connectivity index (χ0n) is 58.3. The van der Waals surface area contributed by atoms with Crippen LogP contribution in [0.2, 0.25) is 0 Å². The molecule has 560 valence electrons. The molecule has 0 saturated carbocycles. The van der Waals surface area contributed by atoms with Crippen LogP contribution in [-0.4, -0.2) is 173 Å². The molecule has 0 radical (unpaired) electrons. The van der Waals surface area contributed by atoms with E-state index in [0.717, 1.165) is 154 Å². The van der Waals surface area contributed by atoms with Gasteiger partial charge in [-0.1, -0.05) is 259 Å². The van der Waals surface area contributed by atoms with Gasteiger partial charge in [0.15, 0.2) is 24.8 Å². The van der Waals surface area contributed by atoms with Crippen LogP contribution in [-0.2, 0) is 61.0 Å². The van der Waals surface area contributed by atoms with Crippen LogP contribution in [0.4, 0.5) is 0 Å². The number of esters is 2. The maximum absolute atomic E-state index is 14.1. The number of nitrogens with one attached hydrogen (secondary N) is 2. The van der Waals surface area contributed by atoms with Crippen molar-refractivity contribution in [3.05, 3.63) is 0 Å². The van der Waals surface area contributed by atoms with Crippen LogP contribution in [0.3, 0.4) is 0 Å². The van der Waals surface area contributed by atoms with Crippen molar-refractivity contribution in [3.8, 4) is 0 Å². The molecule has 2 rings (SSSR count). The van der Waals surface area contributed by atoms with Crippen LogP contribution in [0, 0.1) is 0 Å². The van der Waals surface area contributed by atoms with Gasteiger partial charge < -0.3 is 84.5 Å². The number of unbranched alkanes of at least 4 members (excludes halogenated alkanes) is 32. The third-order valence-corrected chi connectivity index (χ3v) is 18.8. The number of carbonyl (C=O) groups excluding carboxylic acids is 4. The minimum absolute atomic E-state index is 0.196. The van der Waals surface area contributed by atoms with Gasteiger partial charge in [0.1, 0.15) is 36.5 Å². The summed E-state index contributed by atoms with van der Waals surface area (Å²) in [4.78, 5) is 96.5. The van der Waals surface area contributed by atoms with E-state index in [4.69, 9.17) is 32.7 Å². The fourth-order valence-corrected chi connectivity index (χ4v) is 13.4. The van der Waals surface area contributed by atoms with Gasteiger partial charge in [-0.25, -0.2) is 9.13 Å². The topological polar surface area (TPSA) is 393 Å². The second-order valence-corrected chi connectivity index (χ2v) is 29.1.